The summed E-state index contributed by atoms with van der Waals surface area (Å²) in [6.45, 7) is 0. The molecule has 0 aliphatic heterocycles. The summed E-state index contributed by atoms with van der Waals surface area (Å²) in [4.78, 5) is 2.34. The molecule has 0 saturated carbocycles. The molecule has 8 aromatic carbocycles. The Morgan fingerprint density at radius 3 is 1.54 bits per heavy atom. The van der Waals surface area contributed by atoms with Crippen LogP contribution in [0.1, 0.15) is 0 Å². The second-order valence-corrected chi connectivity index (χ2v) is 15.5. The summed E-state index contributed by atoms with van der Waals surface area (Å²) in [5.74, 6) is 0. The Bertz CT molecular complexity index is 3150. The van der Waals surface area contributed by atoms with Crippen molar-refractivity contribution in [3.05, 3.63) is 176 Å². The van der Waals surface area contributed by atoms with E-state index in [9.17, 15) is 0 Å². The predicted octanol–water partition coefficient (Wildman–Crippen LogP) is 15.1. The van der Waals surface area contributed by atoms with Crippen molar-refractivity contribution in [1.82, 2.24) is 0 Å². The van der Waals surface area contributed by atoms with Crippen molar-refractivity contribution in [3.63, 3.8) is 0 Å². The first-order chi connectivity index (χ1) is 25.7. The summed E-state index contributed by atoms with van der Waals surface area (Å²) in [5.41, 5.74) is 9.79. The number of thiophene rings is 2. The zero-order valence-electron chi connectivity index (χ0n) is 27.9. The smallest absolute Gasteiger partial charge is 0.137 e. The topological polar surface area (TPSA) is 16.4 Å². The zero-order chi connectivity index (χ0) is 34.2. The fourth-order valence-electron chi connectivity index (χ4n) is 7.74. The molecule has 0 bridgehead atoms. The largest absolute Gasteiger partial charge is 0.456 e. The van der Waals surface area contributed by atoms with Crippen molar-refractivity contribution in [2.24, 2.45) is 0 Å². The normalized spacial score (nSPS) is 11.8. The number of anilines is 3. The van der Waals surface area contributed by atoms with E-state index in [1.54, 1.807) is 0 Å². The van der Waals surface area contributed by atoms with Crippen LogP contribution in [0.25, 0.3) is 84.5 Å². The van der Waals surface area contributed by atoms with Gasteiger partial charge in [0.1, 0.15) is 11.2 Å². The summed E-state index contributed by atoms with van der Waals surface area (Å²) in [6, 6.07) is 63.8. The molecule has 0 aliphatic carbocycles. The molecule has 0 atom stereocenters. The van der Waals surface area contributed by atoms with E-state index in [1.165, 1.54) is 62.6 Å². The number of rotatable bonds is 5. The average Bonchev–Trinajstić information content (AvgIpc) is 3.89. The van der Waals surface area contributed by atoms with E-state index >= 15 is 0 Å². The van der Waals surface area contributed by atoms with Gasteiger partial charge in [0.2, 0.25) is 0 Å². The molecule has 11 aromatic rings. The molecular weight excluding hydrogens is 671 g/mol. The molecule has 0 spiro atoms. The Morgan fingerprint density at radius 2 is 0.827 bits per heavy atom. The second kappa shape index (κ2) is 11.7. The number of para-hydroxylation sites is 1. The van der Waals surface area contributed by atoms with Gasteiger partial charge in [-0.05, 0) is 101 Å². The number of benzene rings is 8. The van der Waals surface area contributed by atoms with Crippen LogP contribution in [0.15, 0.2) is 180 Å². The summed E-state index contributed by atoms with van der Waals surface area (Å²) < 4.78 is 11.7. The van der Waals surface area contributed by atoms with E-state index in [2.05, 4.69) is 169 Å². The van der Waals surface area contributed by atoms with Crippen LogP contribution in [0.3, 0.4) is 0 Å². The van der Waals surface area contributed by atoms with Gasteiger partial charge in [-0.1, -0.05) is 91.0 Å². The summed E-state index contributed by atoms with van der Waals surface area (Å²) >= 11 is 3.71. The molecule has 0 fully saturated rings. The fourth-order valence-corrected chi connectivity index (χ4v) is 9.91. The monoisotopic (exact) mass is 699 g/mol. The van der Waals surface area contributed by atoms with Gasteiger partial charge in [-0.15, -0.1) is 22.7 Å². The van der Waals surface area contributed by atoms with Crippen molar-refractivity contribution >= 4 is 102 Å². The molecule has 2 nitrogen and oxygen atoms in total. The quantitative estimate of drug-likeness (QED) is 0.178. The maximum absolute atomic E-state index is 6.39. The van der Waals surface area contributed by atoms with Gasteiger partial charge < -0.3 is 9.32 Å². The third-order valence-electron chi connectivity index (χ3n) is 10.3. The van der Waals surface area contributed by atoms with Crippen molar-refractivity contribution in [2.45, 2.75) is 0 Å². The number of hydrogen-bond donors (Lipinski definition) is 0. The van der Waals surface area contributed by atoms with Crippen LogP contribution in [0, 0.1) is 0 Å². The molecule has 0 radical (unpaired) electrons. The maximum atomic E-state index is 6.39. The Hall–Kier alpha value is -6.20. The molecule has 11 rings (SSSR count). The van der Waals surface area contributed by atoms with Gasteiger partial charge in [0.15, 0.2) is 0 Å². The third kappa shape index (κ3) is 4.76. The second-order valence-electron chi connectivity index (χ2n) is 13.3. The van der Waals surface area contributed by atoms with E-state index in [-0.39, 0.29) is 0 Å². The molecular formula is C48H29NOS2. The van der Waals surface area contributed by atoms with Crippen molar-refractivity contribution in [2.75, 3.05) is 4.90 Å². The van der Waals surface area contributed by atoms with E-state index in [4.69, 9.17) is 4.42 Å². The fraction of sp³-hybridized carbons (Fsp3) is 0. The van der Waals surface area contributed by atoms with E-state index in [0.717, 1.165) is 39.0 Å². The summed E-state index contributed by atoms with van der Waals surface area (Å²) in [6.07, 6.45) is 0. The summed E-state index contributed by atoms with van der Waals surface area (Å²) in [7, 11) is 0. The molecule has 0 unspecified atom stereocenters. The predicted molar refractivity (Wildman–Crippen MR) is 225 cm³/mol. The highest BCUT2D eigenvalue weighted by molar-refractivity contribution is 7.26. The molecule has 0 amide bonds. The van der Waals surface area contributed by atoms with Crippen LogP contribution in [0.2, 0.25) is 0 Å². The van der Waals surface area contributed by atoms with Crippen LogP contribution in [0.5, 0.6) is 0 Å². The molecule has 0 aliphatic rings. The van der Waals surface area contributed by atoms with Gasteiger partial charge in [-0.25, -0.2) is 0 Å². The van der Waals surface area contributed by atoms with Crippen LogP contribution >= 0.6 is 22.7 Å². The molecule has 3 heterocycles. The molecule has 0 N–H and O–H groups in total. The summed E-state index contributed by atoms with van der Waals surface area (Å²) in [5, 5.41) is 7.50. The standard InChI is InChI=1S/C48H29NOS2/c1-4-13-43-37(10-1)38-23-22-36(29-44(38)50-43)49(34-20-16-30(17-21-34)32-18-24-47-41(27-32)39-11-2-5-14-45(39)51-47)35-9-7-8-31(26-35)33-19-25-48-42(28-33)40-12-3-6-15-46(40)52-48/h1-29H. The van der Waals surface area contributed by atoms with Gasteiger partial charge >= 0.3 is 0 Å². The molecule has 244 valence electrons. The highest BCUT2D eigenvalue weighted by atomic mass is 32.1. The number of furan rings is 1. The molecule has 52 heavy (non-hydrogen) atoms. The molecule has 3 aromatic heterocycles. The van der Waals surface area contributed by atoms with Gasteiger partial charge in [0.05, 0.1) is 0 Å². The van der Waals surface area contributed by atoms with E-state index in [0.29, 0.717) is 0 Å². The minimum absolute atomic E-state index is 0.877. The lowest BCUT2D eigenvalue weighted by Crippen LogP contribution is -2.10. The lowest BCUT2D eigenvalue weighted by Gasteiger charge is -2.26. The SMILES string of the molecule is c1cc(-c2ccc3sc4ccccc4c3c2)cc(N(c2ccc(-c3ccc4sc5ccccc5c4c3)cc2)c2ccc3c(c2)oc2ccccc23)c1. The first kappa shape index (κ1) is 29.5. The number of hydrogen-bond acceptors (Lipinski definition) is 4. The Kier molecular flexibility index (Phi) is 6.63. The number of nitrogens with zero attached hydrogens (tertiary/aromatic N) is 1. The molecule has 0 saturated heterocycles. The van der Waals surface area contributed by atoms with E-state index in [1.807, 2.05) is 34.8 Å². The maximum Gasteiger partial charge on any atom is 0.137 e. The lowest BCUT2D eigenvalue weighted by atomic mass is 10.0. The van der Waals surface area contributed by atoms with Crippen LogP contribution in [-0.2, 0) is 0 Å². The Morgan fingerprint density at radius 1 is 0.308 bits per heavy atom. The van der Waals surface area contributed by atoms with Gasteiger partial charge in [0.25, 0.3) is 0 Å². The van der Waals surface area contributed by atoms with Crippen LogP contribution in [0.4, 0.5) is 17.1 Å². The van der Waals surface area contributed by atoms with Crippen molar-refractivity contribution in [3.8, 4) is 22.3 Å². The Balaban J connectivity index is 1.04. The lowest BCUT2D eigenvalue weighted by molar-refractivity contribution is 0.669. The van der Waals surface area contributed by atoms with E-state index < -0.39 is 0 Å². The average molecular weight is 700 g/mol. The van der Waals surface area contributed by atoms with Gasteiger partial charge in [-0.2, -0.15) is 0 Å². The zero-order valence-corrected chi connectivity index (χ0v) is 29.5. The highest BCUT2D eigenvalue weighted by Gasteiger charge is 2.17. The third-order valence-corrected chi connectivity index (χ3v) is 12.6. The molecule has 4 heteroatoms. The van der Waals surface area contributed by atoms with Gasteiger partial charge in [0, 0.05) is 74.2 Å². The first-order valence-electron chi connectivity index (χ1n) is 17.5. The highest BCUT2D eigenvalue weighted by Crippen LogP contribution is 2.42. The van der Waals surface area contributed by atoms with Crippen molar-refractivity contribution < 1.29 is 4.42 Å². The van der Waals surface area contributed by atoms with Crippen LogP contribution in [-0.4, -0.2) is 0 Å². The Labute approximate surface area is 308 Å². The first-order valence-corrected chi connectivity index (χ1v) is 19.1. The number of fused-ring (bicyclic) bond motifs is 9. The minimum Gasteiger partial charge on any atom is -0.456 e. The van der Waals surface area contributed by atoms with Crippen molar-refractivity contribution in [1.29, 1.82) is 0 Å². The minimum atomic E-state index is 0.877. The van der Waals surface area contributed by atoms with Crippen LogP contribution < -0.4 is 4.90 Å². The van der Waals surface area contributed by atoms with Gasteiger partial charge in [-0.3, -0.25) is 0 Å².